The Morgan fingerprint density at radius 1 is 1.00 bits per heavy atom. The second-order valence-corrected chi connectivity index (χ2v) is 11.3. The lowest BCUT2D eigenvalue weighted by atomic mass is 9.96. The first-order valence-corrected chi connectivity index (χ1v) is 13.1. The number of benzene rings is 2. The number of esters is 2. The van der Waals surface area contributed by atoms with Gasteiger partial charge in [-0.3, -0.25) is 25.0 Å². The zero-order valence-corrected chi connectivity index (χ0v) is 22.3. The fraction of sp³-hybridized carbons (Fsp3) is 0.320. The van der Waals surface area contributed by atoms with Crippen LogP contribution >= 0.6 is 11.8 Å². The molecule has 3 aromatic rings. The van der Waals surface area contributed by atoms with Crippen LogP contribution in [0.2, 0.25) is 0 Å². The summed E-state index contributed by atoms with van der Waals surface area (Å²) in [5.41, 5.74) is 0.857. The third-order valence-corrected chi connectivity index (χ3v) is 8.24. The van der Waals surface area contributed by atoms with Crippen molar-refractivity contribution in [2.45, 2.75) is 49.3 Å². The summed E-state index contributed by atoms with van der Waals surface area (Å²) in [6, 6.07) is 10.2. The molecule has 3 heterocycles. The van der Waals surface area contributed by atoms with E-state index in [-0.39, 0.29) is 54.5 Å². The minimum atomic E-state index is -0.944. The topological polar surface area (TPSA) is 190 Å². The molecule has 212 valence electrons. The van der Waals surface area contributed by atoms with Gasteiger partial charge in [0.1, 0.15) is 19.3 Å². The number of carbonyl (C=O) groups excluding carboxylic acids is 3. The van der Waals surface area contributed by atoms with E-state index in [4.69, 9.17) is 9.47 Å². The van der Waals surface area contributed by atoms with Crippen LogP contribution in [0.4, 0.5) is 11.4 Å². The number of nitro groups is 2. The van der Waals surface area contributed by atoms with Crippen LogP contribution in [0.3, 0.4) is 0 Å². The Bertz CT molecular complexity index is 1530. The maximum Gasteiger partial charge on any atom is 0.360 e. The van der Waals surface area contributed by atoms with Crippen LogP contribution in [0.25, 0.3) is 0 Å². The number of thioether (sulfide) groups is 1. The molecule has 1 amide bonds. The first-order valence-electron chi connectivity index (χ1n) is 12.2. The number of rotatable bonds is 10. The van der Waals surface area contributed by atoms with Crippen LogP contribution in [0, 0.1) is 20.2 Å². The van der Waals surface area contributed by atoms with Crippen LogP contribution < -0.4 is 0 Å². The molecule has 0 spiro atoms. The Kier molecular flexibility index (Phi) is 7.40. The van der Waals surface area contributed by atoms with E-state index in [9.17, 15) is 34.6 Å². The zero-order chi connectivity index (χ0) is 29.3. The zero-order valence-electron chi connectivity index (χ0n) is 21.4. The Morgan fingerprint density at radius 3 is 2.10 bits per heavy atom. The van der Waals surface area contributed by atoms with Gasteiger partial charge in [-0.1, -0.05) is 0 Å². The molecule has 3 atom stereocenters. The minimum Gasteiger partial charge on any atom is -0.459 e. The highest BCUT2D eigenvalue weighted by Gasteiger charge is 2.61. The Hall–Kier alpha value is -4.86. The van der Waals surface area contributed by atoms with Crippen molar-refractivity contribution in [3.8, 4) is 0 Å². The summed E-state index contributed by atoms with van der Waals surface area (Å²) < 4.78 is 9.86. The fourth-order valence-electron chi connectivity index (χ4n) is 4.60. The predicted octanol–water partition coefficient (Wildman–Crippen LogP) is 2.63. The number of nitrogens with zero attached hydrogens (tertiary/aromatic N) is 6. The minimum absolute atomic E-state index is 0.0739. The van der Waals surface area contributed by atoms with Gasteiger partial charge >= 0.3 is 11.9 Å². The molecule has 0 radical (unpaired) electrons. The molecule has 2 saturated heterocycles. The highest BCUT2D eigenvalue weighted by atomic mass is 32.2. The van der Waals surface area contributed by atoms with Crippen molar-refractivity contribution in [3.05, 3.63) is 91.8 Å². The fourth-order valence-corrected chi connectivity index (χ4v) is 6.33. The van der Waals surface area contributed by atoms with E-state index in [0.717, 1.165) is 0 Å². The van der Waals surface area contributed by atoms with Crippen molar-refractivity contribution in [1.82, 2.24) is 19.9 Å². The average molecular weight is 583 g/mol. The molecule has 41 heavy (non-hydrogen) atoms. The van der Waals surface area contributed by atoms with Crippen molar-refractivity contribution in [3.63, 3.8) is 0 Å². The molecule has 5 rings (SSSR count). The second kappa shape index (κ2) is 11.0. The Labute approximate surface area is 235 Å². The third kappa shape index (κ3) is 5.72. The molecule has 0 saturated carbocycles. The van der Waals surface area contributed by atoms with Crippen molar-refractivity contribution in [2.75, 3.05) is 0 Å². The first-order chi connectivity index (χ1) is 19.5. The van der Waals surface area contributed by atoms with Crippen LogP contribution in [0.5, 0.6) is 0 Å². The van der Waals surface area contributed by atoms with Gasteiger partial charge in [0.25, 0.3) is 11.4 Å². The van der Waals surface area contributed by atoms with Gasteiger partial charge in [-0.15, -0.1) is 16.9 Å². The largest absolute Gasteiger partial charge is 0.459 e. The van der Waals surface area contributed by atoms with Gasteiger partial charge in [-0.2, -0.15) is 9.90 Å². The molecular formula is C25H22N6O9S. The molecule has 15 nitrogen and oxygen atoms in total. The average Bonchev–Trinajstić information content (AvgIpc) is 3.50. The van der Waals surface area contributed by atoms with E-state index in [1.54, 1.807) is 6.92 Å². The van der Waals surface area contributed by atoms with E-state index in [2.05, 4.69) is 10.2 Å². The highest BCUT2D eigenvalue weighted by molar-refractivity contribution is 8.01. The molecule has 16 heteroatoms. The van der Waals surface area contributed by atoms with E-state index in [1.165, 1.54) is 76.2 Å². The molecule has 0 bridgehead atoms. The van der Waals surface area contributed by atoms with Crippen molar-refractivity contribution < 1.29 is 33.7 Å². The predicted molar refractivity (Wildman–Crippen MR) is 140 cm³/mol. The SMILES string of the molecule is CC1(Cn2ncc(C(=O)OCc3ccc([N+](=O)[O-])cc3)n2)SC2CC(=O)N2C1C(=O)OCc1ccc([N+](=O)[O-])cc1. The summed E-state index contributed by atoms with van der Waals surface area (Å²) in [6.07, 6.45) is 1.50. The van der Waals surface area contributed by atoms with Gasteiger partial charge in [-0.25, -0.2) is 9.59 Å². The molecule has 0 aliphatic carbocycles. The smallest absolute Gasteiger partial charge is 0.360 e. The number of ether oxygens (including phenoxy) is 2. The summed E-state index contributed by atoms with van der Waals surface area (Å²) in [4.78, 5) is 61.4. The third-order valence-electron chi connectivity index (χ3n) is 6.68. The molecule has 3 unspecified atom stereocenters. The Balaban J connectivity index is 1.23. The van der Waals surface area contributed by atoms with Crippen molar-refractivity contribution in [1.29, 1.82) is 0 Å². The number of non-ortho nitro benzene ring substituents is 2. The second-order valence-electron chi connectivity index (χ2n) is 9.58. The molecule has 2 aliphatic rings. The standard InChI is InChI=1S/C25H22N6O9S/c1-25(14-28-26-11-19(27-28)23(33)39-12-15-2-6-17(7-3-15)30(35)36)22(29-20(32)10-21(29)41-25)24(34)40-13-16-4-8-18(9-5-16)31(37)38/h2-9,11,21-22H,10,12-14H2,1H3. The van der Waals surface area contributed by atoms with E-state index < -0.39 is 32.6 Å². The lowest BCUT2D eigenvalue weighted by molar-refractivity contribution is -0.385. The summed E-state index contributed by atoms with van der Waals surface area (Å²) in [6.45, 7) is 1.60. The van der Waals surface area contributed by atoms with Gasteiger partial charge < -0.3 is 14.4 Å². The maximum absolute atomic E-state index is 13.2. The molecule has 0 N–H and O–H groups in total. The highest BCUT2D eigenvalue weighted by Crippen LogP contribution is 2.51. The quantitative estimate of drug-likeness (QED) is 0.147. The van der Waals surface area contributed by atoms with Crippen LogP contribution in [-0.2, 0) is 38.8 Å². The summed E-state index contributed by atoms with van der Waals surface area (Å²) in [5.74, 6) is -1.58. The lowest BCUT2D eigenvalue weighted by Crippen LogP contribution is -2.58. The van der Waals surface area contributed by atoms with Crippen molar-refractivity contribution >= 4 is 41.0 Å². The number of aromatic nitrogens is 3. The van der Waals surface area contributed by atoms with Crippen LogP contribution in [0.15, 0.2) is 54.7 Å². The van der Waals surface area contributed by atoms with E-state index in [0.29, 0.717) is 11.1 Å². The van der Waals surface area contributed by atoms with Gasteiger partial charge in [0, 0.05) is 24.3 Å². The summed E-state index contributed by atoms with van der Waals surface area (Å²) in [5, 5.41) is 29.7. The summed E-state index contributed by atoms with van der Waals surface area (Å²) >= 11 is 1.42. The van der Waals surface area contributed by atoms with Gasteiger partial charge in [-0.05, 0) is 42.3 Å². The van der Waals surface area contributed by atoms with E-state index >= 15 is 0 Å². The number of nitro benzene ring substituents is 2. The molecule has 2 aliphatic heterocycles. The number of hydrogen-bond acceptors (Lipinski definition) is 12. The first kappa shape index (κ1) is 27.7. The normalized spacial score (nSPS) is 21.1. The maximum atomic E-state index is 13.2. The van der Waals surface area contributed by atoms with Gasteiger partial charge in [0.05, 0.1) is 39.1 Å². The molecule has 2 fully saturated rings. The molecular weight excluding hydrogens is 560 g/mol. The number of hydrogen-bond donors (Lipinski definition) is 0. The van der Waals surface area contributed by atoms with E-state index in [1.807, 2.05) is 0 Å². The number of fused-ring (bicyclic) bond motifs is 1. The summed E-state index contributed by atoms with van der Waals surface area (Å²) in [7, 11) is 0. The molecule has 2 aromatic carbocycles. The number of carbonyl (C=O) groups is 3. The van der Waals surface area contributed by atoms with Crippen molar-refractivity contribution in [2.24, 2.45) is 0 Å². The van der Waals surface area contributed by atoms with Gasteiger partial charge in [0.15, 0.2) is 5.69 Å². The monoisotopic (exact) mass is 582 g/mol. The molecule has 1 aromatic heterocycles. The van der Waals surface area contributed by atoms with Gasteiger partial charge in [0.2, 0.25) is 5.91 Å². The Morgan fingerprint density at radius 2 is 1.56 bits per heavy atom. The lowest BCUT2D eigenvalue weighted by Gasteiger charge is -2.37. The van der Waals surface area contributed by atoms with Crippen LogP contribution in [0.1, 0.15) is 35.0 Å². The number of β-lactam (4-membered cyclic amide) rings is 1. The number of amides is 1. The van der Waals surface area contributed by atoms with Crippen LogP contribution in [-0.4, -0.2) is 63.7 Å².